The van der Waals surface area contributed by atoms with Gasteiger partial charge in [0.05, 0.1) is 0 Å². The van der Waals surface area contributed by atoms with E-state index in [0.29, 0.717) is 0 Å². The fourth-order valence-corrected chi connectivity index (χ4v) is 1.48. The molecule has 0 rings (SSSR count). The first kappa shape index (κ1) is 34.0. The number of Topliss-reactive ketones (excluding diaryl/α,β-unsaturated/α-hetero) is 1. The predicted octanol–water partition coefficient (Wildman–Crippen LogP) is 6.63. The van der Waals surface area contributed by atoms with Gasteiger partial charge in [-0.1, -0.05) is 0 Å². The summed E-state index contributed by atoms with van der Waals surface area (Å²) < 4.78 is 280. The lowest BCUT2D eigenvalue weighted by Crippen LogP contribution is -2.69. The number of rotatable bonds is 8. The molecule has 0 N–H and O–H groups in total. The highest BCUT2D eigenvalue weighted by molar-refractivity contribution is 5.94. The SMILES string of the molecule is O=C([C@](F)(OC(F)(F)C(F)(F)C(F)(F)F)C(F)(F)F)[C@](F)(OC(F)(F)C(F)(F)C(F)(F)F)C(F)(F)F. The number of halogens is 22. The van der Waals surface area contributed by atoms with E-state index in [9.17, 15) is 101 Å². The van der Waals surface area contributed by atoms with Gasteiger partial charge in [-0.25, -0.2) is 0 Å². The van der Waals surface area contributed by atoms with Gasteiger partial charge in [0, 0.05) is 0 Å². The predicted molar refractivity (Wildman–Crippen MR) is 58.9 cm³/mol. The number of carbonyl (C=O) groups is 1. The molecule has 0 bridgehead atoms. The van der Waals surface area contributed by atoms with Crippen LogP contribution >= 0.6 is 0 Å². The summed E-state index contributed by atoms with van der Waals surface area (Å²) in [5.41, 5.74) is 0. The minimum atomic E-state index is -8.28. The van der Waals surface area contributed by atoms with Crippen molar-refractivity contribution in [3.05, 3.63) is 0 Å². The van der Waals surface area contributed by atoms with E-state index in [1.54, 1.807) is 0 Å². The van der Waals surface area contributed by atoms with Crippen LogP contribution in [0.1, 0.15) is 0 Å². The maximum Gasteiger partial charge on any atom is 0.462 e. The maximum absolute atomic E-state index is 13.9. The number of hydrogen-bond acceptors (Lipinski definition) is 3. The lowest BCUT2D eigenvalue weighted by Gasteiger charge is -2.39. The Morgan fingerprint density at radius 1 is 0.361 bits per heavy atom. The van der Waals surface area contributed by atoms with E-state index >= 15 is 0 Å². The molecule has 2 atom stereocenters. The van der Waals surface area contributed by atoms with Crippen molar-refractivity contribution in [3.8, 4) is 0 Å². The second kappa shape index (κ2) is 8.54. The van der Waals surface area contributed by atoms with Crippen LogP contribution in [0.5, 0.6) is 0 Å². The van der Waals surface area contributed by atoms with Gasteiger partial charge in [-0.05, 0) is 0 Å². The van der Waals surface area contributed by atoms with Crippen LogP contribution in [0.2, 0.25) is 0 Å². The summed E-state index contributed by atoms with van der Waals surface area (Å²) >= 11 is 0. The summed E-state index contributed by atoms with van der Waals surface area (Å²) in [5.74, 6) is -38.7. The van der Waals surface area contributed by atoms with Crippen molar-refractivity contribution >= 4 is 5.78 Å². The van der Waals surface area contributed by atoms with Crippen LogP contribution in [-0.4, -0.2) is 66.3 Å². The summed E-state index contributed by atoms with van der Waals surface area (Å²) in [7, 11) is 0. The molecule has 0 fully saturated rings. The Morgan fingerprint density at radius 2 is 0.556 bits per heavy atom. The summed E-state index contributed by atoms with van der Waals surface area (Å²) in [6.07, 6.45) is -48.4. The number of alkyl halides is 22. The number of ether oxygens (including phenoxy) is 2. The first-order valence-corrected chi connectivity index (χ1v) is 7.18. The monoisotopic (exact) mass is 598 g/mol. The average molecular weight is 598 g/mol. The Bertz CT molecular complexity index is 749. The molecule has 0 aromatic heterocycles. The molecule has 0 saturated carbocycles. The highest BCUT2D eigenvalue weighted by Gasteiger charge is 2.86. The highest BCUT2D eigenvalue weighted by atomic mass is 19.4. The van der Waals surface area contributed by atoms with Gasteiger partial charge in [-0.2, -0.15) is 96.6 Å². The van der Waals surface area contributed by atoms with Gasteiger partial charge >= 0.3 is 60.5 Å². The third-order valence-corrected chi connectivity index (χ3v) is 3.29. The van der Waals surface area contributed by atoms with E-state index < -0.39 is 66.3 Å². The van der Waals surface area contributed by atoms with Gasteiger partial charge in [0.15, 0.2) is 0 Å². The molecular weight excluding hydrogens is 598 g/mol. The second-order valence-electron chi connectivity index (χ2n) is 5.90. The van der Waals surface area contributed by atoms with Crippen LogP contribution in [-0.2, 0) is 14.3 Å². The molecule has 0 heterocycles. The molecule has 0 spiro atoms. The van der Waals surface area contributed by atoms with Gasteiger partial charge in [0.1, 0.15) is 0 Å². The molecule has 0 aromatic rings. The zero-order valence-electron chi connectivity index (χ0n) is 15.0. The minimum Gasteiger partial charge on any atom is -0.286 e. The van der Waals surface area contributed by atoms with E-state index in [-0.39, 0.29) is 0 Å². The van der Waals surface area contributed by atoms with Crippen molar-refractivity contribution in [2.45, 2.75) is 60.5 Å². The molecule has 0 aliphatic heterocycles. The number of ketones is 1. The third-order valence-electron chi connectivity index (χ3n) is 3.29. The molecule has 216 valence electrons. The molecule has 0 radical (unpaired) electrons. The molecular formula is C11F22O3. The van der Waals surface area contributed by atoms with Crippen LogP contribution in [0.4, 0.5) is 96.6 Å². The van der Waals surface area contributed by atoms with E-state index in [2.05, 4.69) is 0 Å². The molecule has 0 aliphatic carbocycles. The fourth-order valence-electron chi connectivity index (χ4n) is 1.48. The van der Waals surface area contributed by atoms with E-state index in [1.807, 2.05) is 0 Å². The minimum absolute atomic E-state index is 1.13. The quantitative estimate of drug-likeness (QED) is 0.295. The Hall–Kier alpha value is -1.95. The molecule has 0 saturated heterocycles. The molecule has 0 unspecified atom stereocenters. The van der Waals surface area contributed by atoms with Gasteiger partial charge < -0.3 is 0 Å². The van der Waals surface area contributed by atoms with E-state index in [0.717, 1.165) is 9.47 Å². The van der Waals surface area contributed by atoms with Crippen molar-refractivity contribution in [2.24, 2.45) is 0 Å². The van der Waals surface area contributed by atoms with Gasteiger partial charge in [0.25, 0.3) is 5.78 Å². The third kappa shape index (κ3) is 5.34. The van der Waals surface area contributed by atoms with Gasteiger partial charge in [-0.3, -0.25) is 14.3 Å². The van der Waals surface area contributed by atoms with E-state index in [1.165, 1.54) is 0 Å². The fraction of sp³-hybridized carbons (Fsp3) is 0.909. The van der Waals surface area contributed by atoms with Crippen molar-refractivity contribution < 1.29 is 111 Å². The molecule has 0 amide bonds. The summed E-state index contributed by atoms with van der Waals surface area (Å²) in [5, 5.41) is 0. The van der Waals surface area contributed by atoms with Crippen LogP contribution < -0.4 is 0 Å². The van der Waals surface area contributed by atoms with Crippen LogP contribution in [0.25, 0.3) is 0 Å². The largest absolute Gasteiger partial charge is 0.462 e. The summed E-state index contributed by atoms with van der Waals surface area (Å²) in [6.45, 7) is 0. The zero-order valence-corrected chi connectivity index (χ0v) is 15.0. The van der Waals surface area contributed by atoms with Crippen molar-refractivity contribution in [1.29, 1.82) is 0 Å². The first-order valence-electron chi connectivity index (χ1n) is 7.18. The molecule has 25 heteroatoms. The Morgan fingerprint density at radius 3 is 0.694 bits per heavy atom. The Balaban J connectivity index is 7.12. The number of hydrogen-bond donors (Lipinski definition) is 0. The van der Waals surface area contributed by atoms with Crippen LogP contribution in [0.15, 0.2) is 0 Å². The molecule has 36 heavy (non-hydrogen) atoms. The van der Waals surface area contributed by atoms with E-state index in [4.69, 9.17) is 0 Å². The second-order valence-corrected chi connectivity index (χ2v) is 5.90. The van der Waals surface area contributed by atoms with Crippen molar-refractivity contribution in [1.82, 2.24) is 0 Å². The van der Waals surface area contributed by atoms with Crippen LogP contribution in [0.3, 0.4) is 0 Å². The summed E-state index contributed by atoms with van der Waals surface area (Å²) in [6, 6.07) is 0. The summed E-state index contributed by atoms with van der Waals surface area (Å²) in [4.78, 5) is 11.1. The first-order chi connectivity index (χ1) is 15.1. The smallest absolute Gasteiger partial charge is 0.286 e. The Kier molecular flexibility index (Phi) is 8.08. The standard InChI is InChI=1S/C11F22O3/c12-2(6(18,19)20,35-10(30,31)4(14,15)8(24,25)26)1(34)3(13,7(21,22)23)36-11(32,33)5(16,17)9(27,28)29/t2-,3-/m0/s1. The molecule has 0 aliphatic rings. The Labute approximate surface area is 178 Å². The maximum atomic E-state index is 13.9. The number of carbonyl (C=O) groups excluding carboxylic acids is 1. The highest BCUT2D eigenvalue weighted by Crippen LogP contribution is 2.56. The van der Waals surface area contributed by atoms with Crippen molar-refractivity contribution in [2.75, 3.05) is 0 Å². The lowest BCUT2D eigenvalue weighted by atomic mass is 10.0. The zero-order chi connectivity index (χ0) is 30.0. The lowest BCUT2D eigenvalue weighted by molar-refractivity contribution is -0.489. The van der Waals surface area contributed by atoms with Crippen LogP contribution in [0, 0.1) is 0 Å². The normalized spacial score (nSPS) is 19.1. The molecule has 3 nitrogen and oxygen atoms in total. The van der Waals surface area contributed by atoms with Gasteiger partial charge in [0.2, 0.25) is 0 Å². The van der Waals surface area contributed by atoms with Gasteiger partial charge in [-0.15, -0.1) is 0 Å². The molecule has 0 aromatic carbocycles. The van der Waals surface area contributed by atoms with Crippen molar-refractivity contribution in [3.63, 3.8) is 0 Å². The average Bonchev–Trinajstić information content (AvgIpc) is 2.55. The topological polar surface area (TPSA) is 35.5 Å².